The largest absolute Gasteiger partial charge is 0.355 e. The molecule has 2 N–H and O–H groups in total. The molecule has 5 rings (SSSR count). The lowest BCUT2D eigenvalue weighted by Gasteiger charge is -2.39. The van der Waals surface area contributed by atoms with E-state index in [0.717, 1.165) is 0 Å². The second-order valence-electron chi connectivity index (χ2n) is 7.82. The van der Waals surface area contributed by atoms with Gasteiger partial charge in [0.1, 0.15) is 24.8 Å². The number of rotatable bonds is 7. The van der Waals surface area contributed by atoms with E-state index in [4.69, 9.17) is 0 Å². The van der Waals surface area contributed by atoms with Crippen LogP contribution in [0.15, 0.2) is 66.5 Å². The topological polar surface area (TPSA) is 161 Å². The first-order valence-electron chi connectivity index (χ1n) is 10.5. The summed E-state index contributed by atoms with van der Waals surface area (Å²) in [4.78, 5) is 34.9. The number of nitrogens with one attached hydrogen (secondary N) is 2. The van der Waals surface area contributed by atoms with E-state index in [0.29, 0.717) is 36.1 Å². The minimum Gasteiger partial charge on any atom is -0.355 e. The molecule has 1 aliphatic heterocycles. The van der Waals surface area contributed by atoms with Crippen molar-refractivity contribution in [3.8, 4) is 5.82 Å². The Morgan fingerprint density at radius 1 is 1.03 bits per heavy atom. The Hall–Kier alpha value is -4.46. The SMILES string of the molecule is Cc1ccnc(NS(=O)(=O)c2ccc(NC(=O)C3CN(c4cc(-n5cncn5)ncn4)C3)cc2)n1. The molecule has 1 aromatic carbocycles. The first-order chi connectivity index (χ1) is 16.9. The van der Waals surface area contributed by atoms with Crippen LogP contribution in [0.3, 0.4) is 0 Å². The molecule has 4 heterocycles. The van der Waals surface area contributed by atoms with Gasteiger partial charge >= 0.3 is 0 Å². The summed E-state index contributed by atoms with van der Waals surface area (Å²) < 4.78 is 29.0. The quantitative estimate of drug-likeness (QED) is 0.381. The molecule has 0 bridgehead atoms. The first-order valence-corrected chi connectivity index (χ1v) is 12.0. The molecule has 0 radical (unpaired) electrons. The predicted molar refractivity (Wildman–Crippen MR) is 125 cm³/mol. The molecule has 35 heavy (non-hydrogen) atoms. The number of carbonyl (C=O) groups is 1. The highest BCUT2D eigenvalue weighted by Crippen LogP contribution is 2.25. The Balaban J connectivity index is 1.17. The Morgan fingerprint density at radius 2 is 1.80 bits per heavy atom. The molecule has 4 aromatic rings. The summed E-state index contributed by atoms with van der Waals surface area (Å²) in [7, 11) is -3.86. The third kappa shape index (κ3) is 4.91. The number of hydrogen-bond donors (Lipinski definition) is 2. The lowest BCUT2D eigenvalue weighted by molar-refractivity contribution is -0.120. The molecule has 0 aliphatic carbocycles. The van der Waals surface area contributed by atoms with E-state index in [2.05, 4.69) is 40.1 Å². The highest BCUT2D eigenvalue weighted by molar-refractivity contribution is 7.92. The number of carbonyl (C=O) groups excluding carboxylic acids is 1. The molecule has 1 amide bonds. The van der Waals surface area contributed by atoms with E-state index in [1.807, 2.05) is 4.90 Å². The highest BCUT2D eigenvalue weighted by Gasteiger charge is 2.33. The van der Waals surface area contributed by atoms with Gasteiger partial charge < -0.3 is 10.2 Å². The van der Waals surface area contributed by atoms with Gasteiger partial charge in [-0.1, -0.05) is 0 Å². The number of sulfonamides is 1. The van der Waals surface area contributed by atoms with Gasteiger partial charge in [-0.25, -0.2) is 42.7 Å². The standard InChI is InChI=1S/C21H20N10O3S/c1-14-6-7-23-21(27-14)29-35(33,34)17-4-2-16(3-5-17)28-20(32)15-9-30(10-15)18-8-19(25-12-24-18)31-13-22-11-26-31/h2-8,11-13,15H,9-10H2,1H3,(H,28,32)(H,23,27,29). The van der Waals surface area contributed by atoms with Crippen LogP contribution in [0, 0.1) is 12.8 Å². The van der Waals surface area contributed by atoms with Crippen LogP contribution in [0.5, 0.6) is 0 Å². The van der Waals surface area contributed by atoms with E-state index in [1.165, 1.54) is 47.8 Å². The zero-order chi connectivity index (χ0) is 24.4. The Morgan fingerprint density at radius 3 is 2.51 bits per heavy atom. The number of amides is 1. The summed E-state index contributed by atoms with van der Waals surface area (Å²) >= 11 is 0. The number of benzene rings is 1. The minimum atomic E-state index is -3.86. The summed E-state index contributed by atoms with van der Waals surface area (Å²) in [5, 5.41) is 6.88. The van der Waals surface area contributed by atoms with E-state index >= 15 is 0 Å². The fourth-order valence-corrected chi connectivity index (χ4v) is 4.38. The smallest absolute Gasteiger partial charge is 0.264 e. The van der Waals surface area contributed by atoms with E-state index in [9.17, 15) is 13.2 Å². The number of anilines is 3. The van der Waals surface area contributed by atoms with Crippen molar-refractivity contribution in [2.45, 2.75) is 11.8 Å². The first kappa shape index (κ1) is 22.3. The van der Waals surface area contributed by atoms with Gasteiger partial charge in [-0.2, -0.15) is 5.10 Å². The highest BCUT2D eigenvalue weighted by atomic mass is 32.2. The Labute approximate surface area is 200 Å². The predicted octanol–water partition coefficient (Wildman–Crippen LogP) is 1.03. The molecule has 0 spiro atoms. The van der Waals surface area contributed by atoms with Crippen LogP contribution >= 0.6 is 0 Å². The summed E-state index contributed by atoms with van der Waals surface area (Å²) in [5.41, 5.74) is 1.13. The van der Waals surface area contributed by atoms with Gasteiger partial charge in [-0.05, 0) is 37.3 Å². The number of aromatic nitrogens is 7. The van der Waals surface area contributed by atoms with Gasteiger partial charge in [0.25, 0.3) is 10.0 Å². The molecule has 14 heteroatoms. The molecular formula is C21H20N10O3S. The van der Waals surface area contributed by atoms with Crippen molar-refractivity contribution in [3.05, 3.63) is 67.3 Å². The zero-order valence-electron chi connectivity index (χ0n) is 18.5. The fourth-order valence-electron chi connectivity index (χ4n) is 3.43. The average molecular weight is 493 g/mol. The average Bonchev–Trinajstić information content (AvgIpc) is 3.34. The lowest BCUT2D eigenvalue weighted by atomic mass is 9.99. The van der Waals surface area contributed by atoms with Crippen LogP contribution < -0.4 is 14.9 Å². The van der Waals surface area contributed by atoms with Crippen molar-refractivity contribution < 1.29 is 13.2 Å². The molecule has 0 saturated carbocycles. The fraction of sp³-hybridized carbons (Fsp3) is 0.190. The summed E-state index contributed by atoms with van der Waals surface area (Å²) in [5.74, 6) is 0.874. The van der Waals surface area contributed by atoms with Crippen molar-refractivity contribution >= 4 is 33.4 Å². The third-order valence-corrected chi connectivity index (χ3v) is 6.66. The van der Waals surface area contributed by atoms with Crippen molar-refractivity contribution in [1.29, 1.82) is 0 Å². The minimum absolute atomic E-state index is 0.00554. The van der Waals surface area contributed by atoms with E-state index < -0.39 is 10.0 Å². The van der Waals surface area contributed by atoms with Crippen LogP contribution in [-0.2, 0) is 14.8 Å². The molecule has 3 aromatic heterocycles. The van der Waals surface area contributed by atoms with Gasteiger partial charge in [0.15, 0.2) is 5.82 Å². The van der Waals surface area contributed by atoms with Crippen molar-refractivity contribution in [3.63, 3.8) is 0 Å². The molecule has 0 atom stereocenters. The molecule has 1 saturated heterocycles. The normalized spacial score (nSPS) is 13.8. The lowest BCUT2D eigenvalue weighted by Crippen LogP contribution is -2.52. The van der Waals surface area contributed by atoms with Crippen molar-refractivity contribution in [1.82, 2.24) is 34.7 Å². The van der Waals surface area contributed by atoms with Crippen LogP contribution in [0.1, 0.15) is 5.69 Å². The second-order valence-corrected chi connectivity index (χ2v) is 9.50. The molecule has 0 unspecified atom stereocenters. The van der Waals surface area contributed by atoms with Gasteiger partial charge in [0.05, 0.1) is 10.8 Å². The second kappa shape index (κ2) is 9.06. The molecule has 1 fully saturated rings. The Kier molecular flexibility index (Phi) is 5.78. The van der Waals surface area contributed by atoms with Crippen molar-refractivity contribution in [2.24, 2.45) is 5.92 Å². The van der Waals surface area contributed by atoms with Crippen LogP contribution in [0.4, 0.5) is 17.5 Å². The maximum absolute atomic E-state index is 12.6. The van der Waals surface area contributed by atoms with Crippen LogP contribution in [0.2, 0.25) is 0 Å². The van der Waals surface area contributed by atoms with Gasteiger partial charge in [0.2, 0.25) is 11.9 Å². The van der Waals surface area contributed by atoms with Crippen molar-refractivity contribution in [2.75, 3.05) is 28.0 Å². The maximum atomic E-state index is 12.6. The number of nitrogens with zero attached hydrogens (tertiary/aromatic N) is 8. The van der Waals surface area contributed by atoms with Gasteiger partial charge in [-0.3, -0.25) is 4.79 Å². The molecule has 1 aliphatic rings. The van der Waals surface area contributed by atoms with E-state index in [-0.39, 0.29) is 22.7 Å². The molecular weight excluding hydrogens is 472 g/mol. The number of hydrogen-bond acceptors (Lipinski definition) is 10. The van der Waals surface area contributed by atoms with Gasteiger partial charge in [-0.15, -0.1) is 0 Å². The Bertz CT molecular complexity index is 1450. The monoisotopic (exact) mass is 492 g/mol. The summed E-state index contributed by atoms with van der Waals surface area (Å²) in [6, 6.07) is 9.34. The zero-order valence-corrected chi connectivity index (χ0v) is 19.3. The maximum Gasteiger partial charge on any atom is 0.264 e. The van der Waals surface area contributed by atoms with E-state index in [1.54, 1.807) is 25.4 Å². The van der Waals surface area contributed by atoms with Crippen LogP contribution in [-0.4, -0.2) is 62.1 Å². The number of aryl methyl sites for hydroxylation is 1. The molecule has 178 valence electrons. The molecule has 13 nitrogen and oxygen atoms in total. The summed E-state index contributed by atoms with van der Waals surface area (Å²) in [6.07, 6.45) is 5.88. The third-order valence-electron chi connectivity index (χ3n) is 5.32. The summed E-state index contributed by atoms with van der Waals surface area (Å²) in [6.45, 7) is 2.72. The van der Waals surface area contributed by atoms with Crippen LogP contribution in [0.25, 0.3) is 5.82 Å². The van der Waals surface area contributed by atoms with Gasteiger partial charge in [0, 0.05) is 36.7 Å².